The Morgan fingerprint density at radius 3 is 2.74 bits per heavy atom. The van der Waals surface area contributed by atoms with Crippen LogP contribution in [0.3, 0.4) is 0 Å². The van der Waals surface area contributed by atoms with Gasteiger partial charge in [0.1, 0.15) is 11.3 Å². The number of amides is 1. The Balaban J connectivity index is 2.21. The van der Waals surface area contributed by atoms with Crippen LogP contribution in [0.5, 0.6) is 0 Å². The van der Waals surface area contributed by atoms with Crippen molar-refractivity contribution in [2.24, 2.45) is 12.8 Å². The van der Waals surface area contributed by atoms with Crippen molar-refractivity contribution < 1.29 is 13.6 Å². The molecule has 0 aliphatic carbocycles. The average Bonchev–Trinajstić information content (AvgIpc) is 2.85. The Labute approximate surface area is 138 Å². The predicted octanol–water partition coefficient (Wildman–Crippen LogP) is 3.46. The van der Waals surface area contributed by atoms with Crippen LogP contribution in [0.25, 0.3) is 11.0 Å². The van der Waals surface area contributed by atoms with E-state index in [9.17, 15) is 13.6 Å². The van der Waals surface area contributed by atoms with Crippen LogP contribution in [-0.4, -0.2) is 15.5 Å². The largest absolute Gasteiger partial charge is 0.366 e. The Morgan fingerprint density at radius 2 is 2.09 bits per heavy atom. The van der Waals surface area contributed by atoms with E-state index in [2.05, 4.69) is 26.2 Å². The van der Waals surface area contributed by atoms with Crippen LogP contribution in [0, 0.1) is 11.6 Å². The summed E-state index contributed by atoms with van der Waals surface area (Å²) in [5, 5.41) is 2.60. The topological polar surface area (TPSA) is 72.9 Å². The molecule has 3 aromatic rings. The third kappa shape index (κ3) is 2.65. The molecule has 0 bridgehead atoms. The van der Waals surface area contributed by atoms with Crippen molar-refractivity contribution in [2.45, 2.75) is 0 Å². The van der Waals surface area contributed by atoms with E-state index in [1.165, 1.54) is 24.5 Å². The first-order chi connectivity index (χ1) is 10.9. The lowest BCUT2D eigenvalue weighted by atomic mass is 10.1. The van der Waals surface area contributed by atoms with Gasteiger partial charge in [-0.05, 0) is 24.3 Å². The van der Waals surface area contributed by atoms with Crippen LogP contribution < -0.4 is 11.1 Å². The minimum atomic E-state index is -0.827. The van der Waals surface area contributed by atoms with E-state index in [0.29, 0.717) is 9.99 Å². The third-order valence-corrected chi connectivity index (χ3v) is 3.91. The standard InChI is InChI=1S/C15H11BrF2N4O/c1-22-6-20-14-11(22)5-8(15(19)23)13(12(14)18)21-10-3-2-7(16)4-9(10)17/h2-6,21H,1H3,(H2,19,23). The Morgan fingerprint density at radius 1 is 1.35 bits per heavy atom. The highest BCUT2D eigenvalue weighted by Gasteiger charge is 2.20. The van der Waals surface area contributed by atoms with Crippen molar-refractivity contribution in [1.82, 2.24) is 9.55 Å². The van der Waals surface area contributed by atoms with Crippen molar-refractivity contribution in [2.75, 3.05) is 5.32 Å². The molecule has 118 valence electrons. The second-order valence-electron chi connectivity index (χ2n) is 4.95. The lowest BCUT2D eigenvalue weighted by Gasteiger charge is -2.13. The van der Waals surface area contributed by atoms with Crippen LogP contribution in [-0.2, 0) is 7.05 Å². The molecule has 0 saturated heterocycles. The normalized spacial score (nSPS) is 11.0. The Hall–Kier alpha value is -2.48. The number of nitrogens with one attached hydrogen (secondary N) is 1. The number of hydrogen-bond donors (Lipinski definition) is 2. The lowest BCUT2D eigenvalue weighted by molar-refractivity contribution is 0.100. The second-order valence-corrected chi connectivity index (χ2v) is 5.87. The molecule has 5 nitrogen and oxygen atoms in total. The monoisotopic (exact) mass is 380 g/mol. The Kier molecular flexibility index (Phi) is 3.77. The van der Waals surface area contributed by atoms with Crippen LogP contribution in [0.1, 0.15) is 10.4 Å². The van der Waals surface area contributed by atoms with E-state index in [-0.39, 0.29) is 22.5 Å². The van der Waals surface area contributed by atoms with Crippen LogP contribution in [0.15, 0.2) is 35.1 Å². The summed E-state index contributed by atoms with van der Waals surface area (Å²) in [5.74, 6) is -2.19. The molecule has 1 heterocycles. The van der Waals surface area contributed by atoms with Gasteiger partial charge in [0, 0.05) is 11.5 Å². The number of primary amides is 1. The number of imidazole rings is 1. The second kappa shape index (κ2) is 5.62. The van der Waals surface area contributed by atoms with Crippen LogP contribution in [0.2, 0.25) is 0 Å². The number of nitrogens with two attached hydrogens (primary N) is 1. The van der Waals surface area contributed by atoms with Crippen LogP contribution in [0.4, 0.5) is 20.2 Å². The molecule has 1 aromatic heterocycles. The molecule has 3 N–H and O–H groups in total. The maximum absolute atomic E-state index is 14.7. The van der Waals surface area contributed by atoms with Gasteiger partial charge in [0.2, 0.25) is 0 Å². The minimum absolute atomic E-state index is 0.0184. The van der Waals surface area contributed by atoms with Crippen molar-refractivity contribution in [3.8, 4) is 0 Å². The number of hydrogen-bond acceptors (Lipinski definition) is 3. The number of carbonyl (C=O) groups excluding carboxylic acids is 1. The molecular formula is C15H11BrF2N4O. The van der Waals surface area contributed by atoms with Crippen molar-refractivity contribution >= 4 is 44.2 Å². The zero-order valence-corrected chi connectivity index (χ0v) is 13.5. The van der Waals surface area contributed by atoms with Gasteiger partial charge in [0.05, 0.1) is 28.8 Å². The zero-order valence-electron chi connectivity index (χ0n) is 11.9. The molecule has 0 fully saturated rings. The van der Waals surface area contributed by atoms with Crippen molar-refractivity contribution in [3.63, 3.8) is 0 Å². The molecule has 8 heteroatoms. The molecule has 0 unspecified atom stereocenters. The summed E-state index contributed by atoms with van der Waals surface area (Å²) in [5.41, 5.74) is 5.55. The fourth-order valence-corrected chi connectivity index (χ4v) is 2.60. The summed E-state index contributed by atoms with van der Waals surface area (Å²) in [4.78, 5) is 15.6. The molecule has 3 rings (SSSR count). The molecule has 0 saturated carbocycles. The van der Waals surface area contributed by atoms with Gasteiger partial charge in [0.25, 0.3) is 5.91 Å². The number of aryl methyl sites for hydroxylation is 1. The molecule has 0 aliphatic heterocycles. The first-order valence-electron chi connectivity index (χ1n) is 6.54. The van der Waals surface area contributed by atoms with E-state index in [1.807, 2.05) is 0 Å². The quantitative estimate of drug-likeness (QED) is 0.730. The zero-order chi connectivity index (χ0) is 16.7. The van der Waals surface area contributed by atoms with Gasteiger partial charge in [-0.3, -0.25) is 4.79 Å². The lowest BCUT2D eigenvalue weighted by Crippen LogP contribution is -2.15. The van der Waals surface area contributed by atoms with E-state index < -0.39 is 17.5 Å². The van der Waals surface area contributed by atoms with Gasteiger partial charge in [-0.15, -0.1) is 0 Å². The van der Waals surface area contributed by atoms with Gasteiger partial charge in [-0.25, -0.2) is 13.8 Å². The minimum Gasteiger partial charge on any atom is -0.366 e. The number of nitrogens with zero attached hydrogens (tertiary/aromatic N) is 2. The average molecular weight is 381 g/mol. The number of carbonyl (C=O) groups is 1. The van der Waals surface area contributed by atoms with Crippen molar-refractivity contribution in [1.29, 1.82) is 0 Å². The van der Waals surface area contributed by atoms with E-state index in [4.69, 9.17) is 5.73 Å². The Bertz CT molecular complexity index is 939. The summed E-state index contributed by atoms with van der Waals surface area (Å²) in [7, 11) is 1.67. The summed E-state index contributed by atoms with van der Waals surface area (Å²) in [6.07, 6.45) is 1.42. The summed E-state index contributed by atoms with van der Waals surface area (Å²) >= 11 is 3.14. The molecule has 0 aliphatic rings. The van der Waals surface area contributed by atoms with E-state index in [1.54, 1.807) is 17.7 Å². The SMILES string of the molecule is Cn1cnc2c(F)c(Nc3ccc(Br)cc3F)c(C(N)=O)cc21. The number of benzene rings is 2. The maximum Gasteiger partial charge on any atom is 0.251 e. The molecule has 0 atom stereocenters. The highest BCUT2D eigenvalue weighted by molar-refractivity contribution is 9.10. The number of halogens is 3. The molecular weight excluding hydrogens is 370 g/mol. The number of anilines is 2. The molecule has 0 spiro atoms. The van der Waals surface area contributed by atoms with Crippen LogP contribution >= 0.6 is 15.9 Å². The van der Waals surface area contributed by atoms with Gasteiger partial charge in [0.15, 0.2) is 5.82 Å². The van der Waals surface area contributed by atoms with Gasteiger partial charge in [-0.2, -0.15) is 0 Å². The smallest absolute Gasteiger partial charge is 0.251 e. The van der Waals surface area contributed by atoms with Gasteiger partial charge in [-0.1, -0.05) is 15.9 Å². The van der Waals surface area contributed by atoms with Gasteiger partial charge >= 0.3 is 0 Å². The number of fused-ring (bicyclic) bond motifs is 1. The predicted molar refractivity (Wildman–Crippen MR) is 86.6 cm³/mol. The number of rotatable bonds is 3. The molecule has 0 radical (unpaired) electrons. The number of aromatic nitrogens is 2. The molecule has 2 aromatic carbocycles. The van der Waals surface area contributed by atoms with Gasteiger partial charge < -0.3 is 15.6 Å². The fourth-order valence-electron chi connectivity index (χ4n) is 2.27. The summed E-state index contributed by atoms with van der Waals surface area (Å²) in [6.45, 7) is 0. The summed E-state index contributed by atoms with van der Waals surface area (Å²) in [6, 6.07) is 5.66. The van der Waals surface area contributed by atoms with E-state index >= 15 is 0 Å². The maximum atomic E-state index is 14.7. The van der Waals surface area contributed by atoms with E-state index in [0.717, 1.165) is 0 Å². The highest BCUT2D eigenvalue weighted by Crippen LogP contribution is 2.31. The molecule has 23 heavy (non-hydrogen) atoms. The summed E-state index contributed by atoms with van der Waals surface area (Å²) < 4.78 is 30.8. The first kappa shape index (κ1) is 15.4. The van der Waals surface area contributed by atoms with Crippen molar-refractivity contribution in [3.05, 3.63) is 52.3 Å². The third-order valence-electron chi connectivity index (χ3n) is 3.42. The first-order valence-corrected chi connectivity index (χ1v) is 7.33. The molecule has 1 amide bonds. The fraction of sp³-hybridized carbons (Fsp3) is 0.0667. The highest BCUT2D eigenvalue weighted by atomic mass is 79.9.